The molecule has 0 spiro atoms. The molecule has 4 rings (SSSR count). The van der Waals surface area contributed by atoms with Gasteiger partial charge in [-0.05, 0) is 35.7 Å². The van der Waals surface area contributed by atoms with Crippen molar-refractivity contribution in [1.82, 2.24) is 14.3 Å². The summed E-state index contributed by atoms with van der Waals surface area (Å²) in [4.78, 5) is 24.5. The van der Waals surface area contributed by atoms with Crippen molar-refractivity contribution in [1.29, 1.82) is 0 Å². The Balaban J connectivity index is 2.11. The van der Waals surface area contributed by atoms with Gasteiger partial charge in [-0.25, -0.2) is 13.6 Å². The van der Waals surface area contributed by atoms with Crippen LogP contribution in [0.4, 0.5) is 8.78 Å². The molecule has 0 saturated carbocycles. The standard InChI is InChI=1S/C26H27F2N3O4/c1-13(2)23-17(11-22(32)24(33)34)16-10-20-14(12-29-31(20)25(35)26(3,4)5)8-21(16)30(23)15-6-7-18(27)19(28)9-15/h6-10,12-13,22,32H,11H2,1-5H3,(H,33,34). The molecule has 0 aliphatic heterocycles. The predicted octanol–water partition coefficient (Wildman–Crippen LogP) is 5.06. The Kier molecular flexibility index (Phi) is 6.00. The number of aliphatic hydroxyl groups excluding tert-OH is 1. The van der Waals surface area contributed by atoms with Crippen molar-refractivity contribution in [3.63, 3.8) is 0 Å². The number of fused-ring (bicyclic) bond motifs is 2. The van der Waals surface area contributed by atoms with Crippen LogP contribution in [0.1, 0.15) is 56.6 Å². The molecule has 184 valence electrons. The van der Waals surface area contributed by atoms with Gasteiger partial charge in [0, 0.05) is 40.1 Å². The van der Waals surface area contributed by atoms with Crippen LogP contribution in [0.25, 0.3) is 27.5 Å². The summed E-state index contributed by atoms with van der Waals surface area (Å²) in [7, 11) is 0. The van der Waals surface area contributed by atoms with Crippen molar-refractivity contribution in [3.8, 4) is 5.69 Å². The molecule has 35 heavy (non-hydrogen) atoms. The first-order valence-electron chi connectivity index (χ1n) is 11.3. The van der Waals surface area contributed by atoms with E-state index in [1.165, 1.54) is 10.7 Å². The number of carbonyl (C=O) groups excluding carboxylic acids is 1. The molecule has 1 unspecified atom stereocenters. The van der Waals surface area contributed by atoms with Gasteiger partial charge < -0.3 is 14.8 Å². The predicted molar refractivity (Wildman–Crippen MR) is 128 cm³/mol. The number of aliphatic hydroxyl groups is 1. The number of halogens is 2. The van der Waals surface area contributed by atoms with Gasteiger partial charge in [0.25, 0.3) is 5.91 Å². The van der Waals surface area contributed by atoms with Gasteiger partial charge >= 0.3 is 5.97 Å². The second-order valence-corrected chi connectivity index (χ2v) is 10.1. The fourth-order valence-corrected chi connectivity index (χ4v) is 4.38. The van der Waals surface area contributed by atoms with Gasteiger partial charge in [0.2, 0.25) is 0 Å². The van der Waals surface area contributed by atoms with Crippen molar-refractivity contribution in [2.45, 2.75) is 53.1 Å². The SMILES string of the molecule is CC(C)c1c(CC(O)C(=O)O)c2cc3c(cnn3C(=O)C(C)(C)C)cc2n1-c1ccc(F)c(F)c1. The summed E-state index contributed by atoms with van der Waals surface area (Å²) in [5.41, 5.74) is 1.99. The van der Waals surface area contributed by atoms with Gasteiger partial charge in [0.1, 0.15) is 0 Å². The van der Waals surface area contributed by atoms with Crippen molar-refractivity contribution >= 4 is 33.7 Å². The molecule has 0 radical (unpaired) electrons. The number of carboxylic acid groups (broad SMARTS) is 1. The summed E-state index contributed by atoms with van der Waals surface area (Å²) >= 11 is 0. The Morgan fingerprint density at radius 3 is 2.31 bits per heavy atom. The summed E-state index contributed by atoms with van der Waals surface area (Å²) < 4.78 is 31.0. The minimum absolute atomic E-state index is 0.165. The Hall–Kier alpha value is -3.59. The van der Waals surface area contributed by atoms with Crippen molar-refractivity contribution in [3.05, 3.63) is 59.4 Å². The molecule has 2 aromatic carbocycles. The fourth-order valence-electron chi connectivity index (χ4n) is 4.38. The zero-order chi connectivity index (χ0) is 25.8. The first-order chi connectivity index (χ1) is 16.3. The molecule has 2 aromatic heterocycles. The molecule has 0 fully saturated rings. The van der Waals surface area contributed by atoms with E-state index < -0.39 is 29.1 Å². The quantitative estimate of drug-likeness (QED) is 0.414. The number of rotatable bonds is 5. The summed E-state index contributed by atoms with van der Waals surface area (Å²) in [6.45, 7) is 9.14. The highest BCUT2D eigenvalue weighted by molar-refractivity contribution is 6.02. The molecular formula is C26H27F2N3O4. The molecule has 1 atom stereocenters. The second-order valence-electron chi connectivity index (χ2n) is 10.1. The van der Waals surface area contributed by atoms with Crippen LogP contribution >= 0.6 is 0 Å². The van der Waals surface area contributed by atoms with E-state index in [2.05, 4.69) is 5.10 Å². The van der Waals surface area contributed by atoms with Gasteiger partial charge in [0.15, 0.2) is 17.7 Å². The van der Waals surface area contributed by atoms with Crippen LogP contribution < -0.4 is 0 Å². The van der Waals surface area contributed by atoms with Crippen LogP contribution in [0.15, 0.2) is 36.5 Å². The van der Waals surface area contributed by atoms with E-state index in [1.54, 1.807) is 43.7 Å². The zero-order valence-electron chi connectivity index (χ0n) is 20.1. The minimum Gasteiger partial charge on any atom is -0.479 e. The lowest BCUT2D eigenvalue weighted by Crippen LogP contribution is -2.27. The van der Waals surface area contributed by atoms with Crippen LogP contribution in [0, 0.1) is 17.0 Å². The average molecular weight is 484 g/mol. The van der Waals surface area contributed by atoms with E-state index in [-0.39, 0.29) is 18.2 Å². The molecular weight excluding hydrogens is 456 g/mol. The van der Waals surface area contributed by atoms with E-state index >= 15 is 0 Å². The lowest BCUT2D eigenvalue weighted by molar-refractivity contribution is -0.146. The molecule has 0 saturated heterocycles. The van der Waals surface area contributed by atoms with Crippen LogP contribution in [0.3, 0.4) is 0 Å². The molecule has 9 heteroatoms. The molecule has 4 aromatic rings. The summed E-state index contributed by atoms with van der Waals surface area (Å²) in [6, 6.07) is 7.08. The summed E-state index contributed by atoms with van der Waals surface area (Å²) in [6.07, 6.45) is -0.321. The molecule has 0 aliphatic carbocycles. The van der Waals surface area contributed by atoms with E-state index in [9.17, 15) is 28.6 Å². The number of aliphatic carboxylic acids is 1. The Morgan fingerprint density at radius 2 is 1.74 bits per heavy atom. The second kappa shape index (κ2) is 8.57. The molecule has 7 nitrogen and oxygen atoms in total. The van der Waals surface area contributed by atoms with Crippen LogP contribution in [0.5, 0.6) is 0 Å². The lowest BCUT2D eigenvalue weighted by Gasteiger charge is -2.16. The zero-order valence-corrected chi connectivity index (χ0v) is 20.1. The monoisotopic (exact) mass is 483 g/mol. The Labute approximate surface area is 200 Å². The normalized spacial score (nSPS) is 13.2. The molecule has 0 amide bonds. The largest absolute Gasteiger partial charge is 0.479 e. The molecule has 2 N–H and O–H groups in total. The number of benzene rings is 2. The number of hydrogen-bond donors (Lipinski definition) is 2. The number of aromatic nitrogens is 3. The number of hydrogen-bond acceptors (Lipinski definition) is 4. The third kappa shape index (κ3) is 4.20. The van der Waals surface area contributed by atoms with Crippen molar-refractivity contribution in [2.75, 3.05) is 0 Å². The van der Waals surface area contributed by atoms with E-state index in [4.69, 9.17) is 0 Å². The van der Waals surface area contributed by atoms with Gasteiger partial charge in [-0.3, -0.25) is 4.79 Å². The first kappa shape index (κ1) is 24.5. The van der Waals surface area contributed by atoms with Gasteiger partial charge in [-0.1, -0.05) is 34.6 Å². The van der Waals surface area contributed by atoms with Crippen molar-refractivity contribution < 1.29 is 28.6 Å². The highest BCUT2D eigenvalue weighted by atomic mass is 19.2. The van der Waals surface area contributed by atoms with Gasteiger partial charge in [-0.2, -0.15) is 9.78 Å². The van der Waals surface area contributed by atoms with Gasteiger partial charge in [-0.15, -0.1) is 0 Å². The van der Waals surface area contributed by atoms with Crippen molar-refractivity contribution in [2.24, 2.45) is 5.41 Å². The van der Waals surface area contributed by atoms with Crippen LogP contribution in [-0.2, 0) is 11.2 Å². The average Bonchev–Trinajstić information content (AvgIpc) is 3.31. The van der Waals surface area contributed by atoms with E-state index in [1.807, 2.05) is 13.8 Å². The maximum atomic E-state index is 14.2. The number of nitrogens with zero attached hydrogens (tertiary/aromatic N) is 3. The maximum absolute atomic E-state index is 14.2. The molecule has 2 heterocycles. The number of carbonyl (C=O) groups is 2. The van der Waals surface area contributed by atoms with E-state index in [0.717, 1.165) is 12.1 Å². The lowest BCUT2D eigenvalue weighted by atomic mass is 9.95. The molecule has 0 aliphatic rings. The van der Waals surface area contributed by atoms with Crippen LogP contribution in [0.2, 0.25) is 0 Å². The highest BCUT2D eigenvalue weighted by Crippen LogP contribution is 2.38. The third-order valence-electron chi connectivity index (χ3n) is 6.03. The minimum atomic E-state index is -1.67. The third-order valence-corrected chi connectivity index (χ3v) is 6.03. The van der Waals surface area contributed by atoms with E-state index in [0.29, 0.717) is 38.8 Å². The van der Waals surface area contributed by atoms with Gasteiger partial charge in [0.05, 0.1) is 17.2 Å². The summed E-state index contributed by atoms with van der Waals surface area (Å²) in [5, 5.41) is 25.1. The maximum Gasteiger partial charge on any atom is 0.332 e. The Bertz CT molecular complexity index is 1480. The first-order valence-corrected chi connectivity index (χ1v) is 11.3. The van der Waals surface area contributed by atoms with Crippen LogP contribution in [-0.4, -0.2) is 42.5 Å². The topological polar surface area (TPSA) is 97.3 Å². The molecule has 0 bridgehead atoms. The smallest absolute Gasteiger partial charge is 0.332 e. The summed E-state index contributed by atoms with van der Waals surface area (Å²) in [5.74, 6) is -3.76. The Morgan fingerprint density at radius 1 is 1.06 bits per heavy atom. The highest BCUT2D eigenvalue weighted by Gasteiger charge is 2.28. The number of carboxylic acids is 1. The fraction of sp³-hybridized carbons (Fsp3) is 0.346.